The number of aryl methyl sites for hydroxylation is 2. The fourth-order valence-corrected chi connectivity index (χ4v) is 4.35. The van der Waals surface area contributed by atoms with E-state index in [2.05, 4.69) is 9.71 Å². The minimum absolute atomic E-state index is 0.00308. The van der Waals surface area contributed by atoms with Gasteiger partial charge in [0.1, 0.15) is 5.82 Å². The number of H-pyrrole nitrogens is 1. The number of aromatic nitrogens is 1. The molecule has 2 N–H and O–H groups in total. The fourth-order valence-electron chi connectivity index (χ4n) is 1.97. The molecule has 1 aromatic heterocycles. The summed E-state index contributed by atoms with van der Waals surface area (Å²) in [6.07, 6.45) is 0.448. The van der Waals surface area contributed by atoms with Gasteiger partial charge in [-0.25, -0.2) is 17.5 Å². The molecule has 1 heterocycles. The van der Waals surface area contributed by atoms with Gasteiger partial charge in [0, 0.05) is 12.2 Å². The van der Waals surface area contributed by atoms with Gasteiger partial charge in [0.15, 0.2) is 4.21 Å². The van der Waals surface area contributed by atoms with Crippen LogP contribution in [-0.4, -0.2) is 19.9 Å². The summed E-state index contributed by atoms with van der Waals surface area (Å²) in [5.74, 6) is -0.315. The number of hydrogen-bond acceptors (Lipinski definition) is 4. The van der Waals surface area contributed by atoms with Gasteiger partial charge in [-0.1, -0.05) is 17.4 Å². The molecule has 0 fully saturated rings. The number of thiazole rings is 1. The van der Waals surface area contributed by atoms with Crippen molar-refractivity contribution < 1.29 is 12.8 Å². The molecule has 0 saturated heterocycles. The summed E-state index contributed by atoms with van der Waals surface area (Å²) in [5.41, 5.74) is 1.98. The van der Waals surface area contributed by atoms with Crippen molar-refractivity contribution in [3.8, 4) is 0 Å². The molecule has 1 aromatic carbocycles. The summed E-state index contributed by atoms with van der Waals surface area (Å²) in [6.45, 7) is 3.49. The molecule has 8 heteroatoms. The highest BCUT2D eigenvalue weighted by Crippen LogP contribution is 2.16. The highest BCUT2D eigenvalue weighted by molar-refractivity contribution is 7.91. The zero-order valence-corrected chi connectivity index (χ0v) is 13.2. The van der Waals surface area contributed by atoms with E-state index in [9.17, 15) is 17.6 Å². The molecule has 0 saturated carbocycles. The lowest BCUT2D eigenvalue weighted by Crippen LogP contribution is -2.26. The van der Waals surface area contributed by atoms with E-state index < -0.39 is 14.9 Å². The first-order valence-corrected chi connectivity index (χ1v) is 8.54. The number of sulfonamides is 1. The van der Waals surface area contributed by atoms with Crippen LogP contribution in [0.15, 0.2) is 27.2 Å². The van der Waals surface area contributed by atoms with E-state index >= 15 is 0 Å². The van der Waals surface area contributed by atoms with E-state index in [0.29, 0.717) is 23.5 Å². The van der Waals surface area contributed by atoms with Gasteiger partial charge in [0.05, 0.1) is 0 Å². The van der Waals surface area contributed by atoms with Gasteiger partial charge in [-0.2, -0.15) is 0 Å². The molecule has 2 aromatic rings. The number of hydrogen-bond donors (Lipinski definition) is 2. The third-order valence-electron chi connectivity index (χ3n) is 3.02. The van der Waals surface area contributed by atoms with Gasteiger partial charge in [-0.3, -0.25) is 4.79 Å². The Morgan fingerprint density at radius 1 is 1.33 bits per heavy atom. The lowest BCUT2D eigenvalue weighted by atomic mass is 10.1. The normalized spacial score (nSPS) is 11.8. The molecule has 21 heavy (non-hydrogen) atoms. The van der Waals surface area contributed by atoms with Gasteiger partial charge in [0.25, 0.3) is 10.0 Å². The molecule has 0 amide bonds. The predicted molar refractivity (Wildman–Crippen MR) is 79.7 cm³/mol. The van der Waals surface area contributed by atoms with Crippen molar-refractivity contribution in [1.29, 1.82) is 0 Å². The monoisotopic (exact) mass is 330 g/mol. The summed E-state index contributed by atoms with van der Waals surface area (Å²) in [7, 11) is -3.70. The topological polar surface area (TPSA) is 79.0 Å². The average molecular weight is 330 g/mol. The van der Waals surface area contributed by atoms with E-state index in [1.807, 2.05) is 0 Å². The molecular formula is C13H15FN2O3S2. The molecule has 0 aliphatic rings. The van der Waals surface area contributed by atoms with E-state index in [1.165, 1.54) is 19.1 Å². The van der Waals surface area contributed by atoms with Gasteiger partial charge in [0.2, 0.25) is 0 Å². The summed E-state index contributed by atoms with van der Waals surface area (Å²) < 4.78 is 39.6. The molecular weight excluding hydrogens is 315 g/mol. The smallest absolute Gasteiger partial charge is 0.305 e. The lowest BCUT2D eigenvalue weighted by molar-refractivity contribution is 0.582. The van der Waals surface area contributed by atoms with Crippen molar-refractivity contribution in [2.75, 3.05) is 6.54 Å². The Morgan fingerprint density at radius 2 is 2.05 bits per heavy atom. The van der Waals surface area contributed by atoms with Crippen LogP contribution < -0.4 is 9.60 Å². The molecule has 2 rings (SSSR count). The van der Waals surface area contributed by atoms with Crippen molar-refractivity contribution in [2.24, 2.45) is 0 Å². The maximum atomic E-state index is 13.0. The second-order valence-corrected chi connectivity index (χ2v) is 7.59. The number of halogens is 1. The van der Waals surface area contributed by atoms with Crippen molar-refractivity contribution in [2.45, 2.75) is 24.5 Å². The SMILES string of the molecule is Cc1cc(F)ccc1CCNS(=O)(=O)c1sc(=O)[nH]c1C. The summed E-state index contributed by atoms with van der Waals surface area (Å²) in [4.78, 5) is 13.2. The van der Waals surface area contributed by atoms with E-state index in [4.69, 9.17) is 0 Å². The van der Waals surface area contributed by atoms with Crippen molar-refractivity contribution in [3.05, 3.63) is 50.5 Å². The van der Waals surface area contributed by atoms with Crippen molar-refractivity contribution in [3.63, 3.8) is 0 Å². The second kappa shape index (κ2) is 6.08. The summed E-state index contributed by atoms with van der Waals surface area (Å²) >= 11 is 0.661. The molecule has 114 valence electrons. The summed E-state index contributed by atoms with van der Waals surface area (Å²) in [5, 5.41) is 0. The number of rotatable bonds is 5. The molecule has 0 radical (unpaired) electrons. The van der Waals surface area contributed by atoms with Crippen LogP contribution in [0.25, 0.3) is 0 Å². The maximum absolute atomic E-state index is 13.0. The van der Waals surface area contributed by atoms with Gasteiger partial charge in [-0.05, 0) is 43.5 Å². The van der Waals surface area contributed by atoms with Crippen LogP contribution in [0, 0.1) is 19.7 Å². The standard InChI is InChI=1S/C13H15FN2O3S2/c1-8-7-11(14)4-3-10(8)5-6-15-21(18,19)12-9(2)16-13(17)20-12/h3-4,7,15H,5-6H2,1-2H3,(H,16,17). The van der Waals surface area contributed by atoms with Crippen LogP contribution >= 0.6 is 11.3 Å². The Morgan fingerprint density at radius 3 is 2.62 bits per heavy atom. The zero-order chi connectivity index (χ0) is 15.6. The van der Waals surface area contributed by atoms with Crippen LogP contribution in [0.2, 0.25) is 0 Å². The van der Waals surface area contributed by atoms with Gasteiger partial charge >= 0.3 is 4.87 Å². The van der Waals surface area contributed by atoms with E-state index in [-0.39, 0.29) is 16.6 Å². The minimum atomic E-state index is -3.70. The zero-order valence-electron chi connectivity index (χ0n) is 11.6. The van der Waals surface area contributed by atoms with Crippen LogP contribution in [-0.2, 0) is 16.4 Å². The lowest BCUT2D eigenvalue weighted by Gasteiger charge is -2.08. The minimum Gasteiger partial charge on any atom is -0.315 e. The molecule has 0 aliphatic heterocycles. The molecule has 0 unspecified atom stereocenters. The molecule has 0 atom stereocenters. The second-order valence-electron chi connectivity index (χ2n) is 4.65. The largest absolute Gasteiger partial charge is 0.315 e. The summed E-state index contributed by atoms with van der Waals surface area (Å²) in [6, 6.07) is 4.39. The van der Waals surface area contributed by atoms with Crippen molar-refractivity contribution >= 4 is 21.4 Å². The Hall–Kier alpha value is -1.51. The van der Waals surface area contributed by atoms with Crippen LogP contribution in [0.5, 0.6) is 0 Å². The number of aromatic amines is 1. The van der Waals surface area contributed by atoms with Crippen LogP contribution in [0.1, 0.15) is 16.8 Å². The maximum Gasteiger partial charge on any atom is 0.305 e. The highest BCUT2D eigenvalue weighted by Gasteiger charge is 2.19. The van der Waals surface area contributed by atoms with Crippen LogP contribution in [0.3, 0.4) is 0 Å². The third-order valence-corrected chi connectivity index (χ3v) is 6.08. The van der Waals surface area contributed by atoms with Crippen molar-refractivity contribution in [1.82, 2.24) is 9.71 Å². The Balaban J connectivity index is 2.06. The molecule has 5 nitrogen and oxygen atoms in total. The molecule has 0 aliphatic carbocycles. The quantitative estimate of drug-likeness (QED) is 0.876. The first-order chi connectivity index (χ1) is 9.79. The van der Waals surface area contributed by atoms with E-state index in [1.54, 1.807) is 13.0 Å². The van der Waals surface area contributed by atoms with Crippen LogP contribution in [0.4, 0.5) is 4.39 Å². The average Bonchev–Trinajstić information content (AvgIpc) is 2.72. The molecule has 0 bridgehead atoms. The van der Waals surface area contributed by atoms with E-state index in [0.717, 1.165) is 11.1 Å². The van der Waals surface area contributed by atoms with Gasteiger partial charge < -0.3 is 4.98 Å². The highest BCUT2D eigenvalue weighted by atomic mass is 32.2. The third kappa shape index (κ3) is 3.78. The predicted octanol–water partition coefficient (Wildman–Crippen LogP) is 1.71. The first-order valence-electron chi connectivity index (χ1n) is 6.24. The Labute approximate surface area is 125 Å². The fraction of sp³-hybridized carbons (Fsp3) is 0.308. The number of nitrogens with one attached hydrogen (secondary N) is 2. The number of benzene rings is 1. The van der Waals surface area contributed by atoms with Gasteiger partial charge in [-0.15, -0.1) is 0 Å². The Kier molecular flexibility index (Phi) is 4.60. The molecule has 0 spiro atoms. The Bertz CT molecular complexity index is 809. The first kappa shape index (κ1) is 15.9.